The summed E-state index contributed by atoms with van der Waals surface area (Å²) in [6.07, 6.45) is 4.24. The largest absolute Gasteiger partial charge is 0.484 e. The Morgan fingerprint density at radius 2 is 1.35 bits per heavy atom. The second-order valence-electron chi connectivity index (χ2n) is 8.03. The lowest BCUT2D eigenvalue weighted by Crippen LogP contribution is -2.31. The summed E-state index contributed by atoms with van der Waals surface area (Å²) in [5, 5.41) is 0. The van der Waals surface area contributed by atoms with Crippen molar-refractivity contribution in [3.63, 3.8) is 0 Å². The third-order valence-electron chi connectivity index (χ3n) is 3.29. The number of benzene rings is 1. The Labute approximate surface area is 150 Å². The van der Waals surface area contributed by atoms with Crippen LogP contribution in [-0.4, -0.2) is 22.2 Å². The van der Waals surface area contributed by atoms with Crippen molar-refractivity contribution in [2.45, 2.75) is 77.3 Å². The first-order valence-electron chi connectivity index (χ1n) is 8.13. The molecule has 0 atom stereocenters. The molecule has 0 heterocycles. The van der Waals surface area contributed by atoms with Crippen molar-refractivity contribution in [2.24, 2.45) is 0 Å². The van der Waals surface area contributed by atoms with E-state index < -0.39 is 0 Å². The molecule has 1 aromatic carbocycles. The predicted octanol–water partition coefficient (Wildman–Crippen LogP) is 6.59. The van der Waals surface area contributed by atoms with E-state index in [1.807, 2.05) is 45.9 Å². The molecular formula is C19H32O2S2. The van der Waals surface area contributed by atoms with Gasteiger partial charge in [-0.1, -0.05) is 33.7 Å². The van der Waals surface area contributed by atoms with Gasteiger partial charge in [-0.3, -0.25) is 0 Å². The normalized spacial score (nSPS) is 13.0. The van der Waals surface area contributed by atoms with E-state index in [4.69, 9.17) is 9.47 Å². The fraction of sp³-hybridized carbons (Fsp3) is 0.684. The number of ether oxygens (including phenoxy) is 2. The smallest absolute Gasteiger partial charge is 0.162 e. The maximum atomic E-state index is 6.31. The van der Waals surface area contributed by atoms with Crippen LogP contribution in [0.5, 0.6) is 11.5 Å². The van der Waals surface area contributed by atoms with Crippen LogP contribution >= 0.6 is 21.6 Å². The molecule has 2 nitrogen and oxygen atoms in total. The van der Waals surface area contributed by atoms with Crippen LogP contribution in [0.1, 0.15) is 61.3 Å². The average molecular weight is 357 g/mol. The minimum absolute atomic E-state index is 0.229. The van der Waals surface area contributed by atoms with Crippen LogP contribution in [0.4, 0.5) is 0 Å². The van der Waals surface area contributed by atoms with Crippen molar-refractivity contribution in [1.29, 1.82) is 0 Å². The zero-order chi connectivity index (χ0) is 17.7. The molecule has 0 aliphatic carbocycles. The highest BCUT2D eigenvalue weighted by molar-refractivity contribution is 8.76. The van der Waals surface area contributed by atoms with Gasteiger partial charge in [-0.2, -0.15) is 0 Å². The van der Waals surface area contributed by atoms with Gasteiger partial charge in [0.15, 0.2) is 11.5 Å². The lowest BCUT2D eigenvalue weighted by molar-refractivity contribution is 0.0753. The van der Waals surface area contributed by atoms with Gasteiger partial charge in [-0.25, -0.2) is 0 Å². The molecule has 0 aliphatic rings. The van der Waals surface area contributed by atoms with Crippen LogP contribution in [0.3, 0.4) is 0 Å². The summed E-state index contributed by atoms with van der Waals surface area (Å²) in [4.78, 5) is 0. The highest BCUT2D eigenvalue weighted by Crippen LogP contribution is 2.40. The van der Waals surface area contributed by atoms with Gasteiger partial charge in [0, 0.05) is 4.75 Å². The topological polar surface area (TPSA) is 18.5 Å². The zero-order valence-corrected chi connectivity index (χ0v) is 17.5. The summed E-state index contributed by atoms with van der Waals surface area (Å²) in [7, 11) is 3.76. The van der Waals surface area contributed by atoms with E-state index in [-0.39, 0.29) is 15.9 Å². The van der Waals surface area contributed by atoms with Gasteiger partial charge in [0.05, 0.1) is 0 Å². The van der Waals surface area contributed by atoms with E-state index in [0.717, 1.165) is 24.3 Å². The number of rotatable bonds is 8. The molecule has 0 unspecified atom stereocenters. The molecule has 0 saturated heterocycles. The van der Waals surface area contributed by atoms with Crippen molar-refractivity contribution in [3.8, 4) is 11.5 Å². The summed E-state index contributed by atoms with van der Waals surface area (Å²) in [5.41, 5.74) is -0.464. The quantitative estimate of drug-likeness (QED) is 0.489. The molecule has 0 bridgehead atoms. The van der Waals surface area contributed by atoms with Crippen LogP contribution in [0.15, 0.2) is 24.3 Å². The van der Waals surface area contributed by atoms with Gasteiger partial charge in [-0.15, -0.1) is 0 Å². The van der Waals surface area contributed by atoms with E-state index in [1.165, 1.54) is 0 Å². The first-order chi connectivity index (χ1) is 10.4. The van der Waals surface area contributed by atoms with Crippen LogP contribution < -0.4 is 9.47 Å². The van der Waals surface area contributed by atoms with Crippen LogP contribution in [0, 0.1) is 0 Å². The highest BCUT2D eigenvalue weighted by atomic mass is 33.1. The van der Waals surface area contributed by atoms with E-state index in [2.05, 4.69) is 54.7 Å². The fourth-order valence-corrected chi connectivity index (χ4v) is 4.41. The number of hydrogen-bond donors (Lipinski definition) is 0. The Bertz CT molecular complexity index is 490. The molecule has 0 saturated carbocycles. The highest BCUT2D eigenvalue weighted by Gasteiger charge is 2.27. The molecule has 0 amide bonds. The predicted molar refractivity (Wildman–Crippen MR) is 106 cm³/mol. The molecule has 1 aromatic rings. The monoisotopic (exact) mass is 356 g/mol. The van der Waals surface area contributed by atoms with Crippen LogP contribution in [-0.2, 0) is 0 Å². The van der Waals surface area contributed by atoms with Crippen molar-refractivity contribution in [2.75, 3.05) is 6.26 Å². The van der Waals surface area contributed by atoms with Gasteiger partial charge < -0.3 is 9.47 Å². The average Bonchev–Trinajstić information content (AvgIpc) is 2.37. The van der Waals surface area contributed by atoms with Crippen molar-refractivity contribution in [3.05, 3.63) is 24.3 Å². The Balaban J connectivity index is 2.77. The Morgan fingerprint density at radius 3 is 1.83 bits per heavy atom. The fourth-order valence-electron chi connectivity index (χ4n) is 2.17. The van der Waals surface area contributed by atoms with Crippen LogP contribution in [0.25, 0.3) is 0 Å². The molecule has 0 spiro atoms. The Hall–Kier alpha value is -0.480. The number of hydrogen-bond acceptors (Lipinski definition) is 4. The van der Waals surface area contributed by atoms with Gasteiger partial charge >= 0.3 is 0 Å². The first kappa shape index (κ1) is 20.6. The first-order valence-corrected chi connectivity index (χ1v) is 10.7. The molecule has 0 fully saturated rings. The maximum absolute atomic E-state index is 6.31. The minimum atomic E-state index is -0.236. The second-order valence-corrected chi connectivity index (χ2v) is 11.1. The molecule has 0 N–H and O–H groups in total. The second kappa shape index (κ2) is 8.06. The molecule has 1 rings (SSSR count). The third-order valence-corrected chi connectivity index (χ3v) is 5.97. The summed E-state index contributed by atoms with van der Waals surface area (Å²) in [5.74, 6) is 1.63. The molecule has 23 heavy (non-hydrogen) atoms. The zero-order valence-electron chi connectivity index (χ0n) is 15.9. The Kier molecular flexibility index (Phi) is 7.21. The molecule has 0 aromatic heterocycles. The SMILES string of the molecule is CSSC(C)(C)CCC(C)(C)Oc1ccccc1OC(C)(C)C. The van der Waals surface area contributed by atoms with E-state index in [1.54, 1.807) is 0 Å². The van der Waals surface area contributed by atoms with Crippen molar-refractivity contribution >= 4 is 21.6 Å². The molecule has 4 heteroatoms. The van der Waals surface area contributed by atoms with E-state index >= 15 is 0 Å². The summed E-state index contributed by atoms with van der Waals surface area (Å²) in [6, 6.07) is 7.95. The van der Waals surface area contributed by atoms with Crippen molar-refractivity contribution < 1.29 is 9.47 Å². The summed E-state index contributed by atoms with van der Waals surface area (Å²) < 4.78 is 12.6. The van der Waals surface area contributed by atoms with Gasteiger partial charge in [0.2, 0.25) is 0 Å². The third kappa shape index (κ3) is 8.25. The van der Waals surface area contributed by atoms with Gasteiger partial charge in [0.1, 0.15) is 11.2 Å². The Morgan fingerprint density at radius 1 is 0.826 bits per heavy atom. The summed E-state index contributed by atoms with van der Waals surface area (Å²) >= 11 is 0. The summed E-state index contributed by atoms with van der Waals surface area (Å²) in [6.45, 7) is 15.1. The molecular weight excluding hydrogens is 324 g/mol. The molecule has 132 valence electrons. The molecule has 0 radical (unpaired) electrons. The lowest BCUT2D eigenvalue weighted by Gasteiger charge is -2.32. The van der Waals surface area contributed by atoms with E-state index in [0.29, 0.717) is 0 Å². The lowest BCUT2D eigenvalue weighted by atomic mass is 9.96. The maximum Gasteiger partial charge on any atom is 0.162 e. The van der Waals surface area contributed by atoms with E-state index in [9.17, 15) is 0 Å². The minimum Gasteiger partial charge on any atom is -0.484 e. The standard InChI is InChI=1S/C19H32O2S2/c1-17(2,3)20-15-11-9-10-12-16(15)21-18(4,5)13-14-19(6,7)23-22-8/h9-12H,13-14H2,1-8H3. The number of para-hydroxylation sites is 2. The van der Waals surface area contributed by atoms with Crippen LogP contribution in [0.2, 0.25) is 0 Å². The van der Waals surface area contributed by atoms with Crippen molar-refractivity contribution in [1.82, 2.24) is 0 Å². The van der Waals surface area contributed by atoms with Gasteiger partial charge in [-0.05, 0) is 79.7 Å². The van der Waals surface area contributed by atoms with Gasteiger partial charge in [0.25, 0.3) is 0 Å². The molecule has 0 aliphatic heterocycles.